The third-order valence-electron chi connectivity index (χ3n) is 3.37. The van der Waals surface area contributed by atoms with Crippen LogP contribution >= 0.6 is 11.3 Å². The predicted molar refractivity (Wildman–Crippen MR) is 72.5 cm³/mol. The molecule has 0 spiro atoms. The average Bonchev–Trinajstić information content (AvgIpc) is 2.82. The first-order chi connectivity index (χ1) is 8.34. The summed E-state index contributed by atoms with van der Waals surface area (Å²) in [5.41, 5.74) is 1.13. The lowest BCUT2D eigenvalue weighted by Gasteiger charge is -2.31. The van der Waals surface area contributed by atoms with Crippen molar-refractivity contribution in [1.82, 2.24) is 15.2 Å². The summed E-state index contributed by atoms with van der Waals surface area (Å²) in [6, 6.07) is 8.83. The zero-order chi connectivity index (χ0) is 11.7. The Morgan fingerprint density at radius 2 is 1.89 bits per heavy atom. The van der Waals surface area contributed by atoms with E-state index in [0.717, 1.165) is 31.7 Å². The molecule has 1 aliphatic rings. The van der Waals surface area contributed by atoms with Crippen LogP contribution in [0.15, 0.2) is 24.3 Å². The van der Waals surface area contributed by atoms with Gasteiger partial charge in [0.25, 0.3) is 0 Å². The standard InChI is InChI=1S/C13H17N3S.2ClH/c1-10(16-8-6-14-7-9-16)13-15-11-4-2-3-5-12(11)17-13;;/h2-5,10,14H,6-9H2,1H3;2*1H/p-2. The number of hydrogen-bond acceptors (Lipinski definition) is 4. The summed E-state index contributed by atoms with van der Waals surface area (Å²) in [6.07, 6.45) is 0. The number of para-hydroxylation sites is 1. The second kappa shape index (κ2) is 7.41. The number of benzene rings is 1. The second-order valence-electron chi connectivity index (χ2n) is 4.48. The van der Waals surface area contributed by atoms with Gasteiger partial charge >= 0.3 is 0 Å². The zero-order valence-corrected chi connectivity index (χ0v) is 13.1. The van der Waals surface area contributed by atoms with E-state index in [9.17, 15) is 0 Å². The first-order valence-electron chi connectivity index (χ1n) is 6.15. The molecule has 6 heteroatoms. The first kappa shape index (κ1) is 16.7. The Morgan fingerprint density at radius 3 is 2.58 bits per heavy atom. The molecular weight excluding hydrogens is 301 g/mol. The normalized spacial score (nSPS) is 17.5. The molecule has 1 unspecified atom stereocenters. The molecule has 0 bridgehead atoms. The number of hydrogen-bond donors (Lipinski definition) is 1. The van der Waals surface area contributed by atoms with Gasteiger partial charge in [0.05, 0.1) is 16.3 Å². The van der Waals surface area contributed by atoms with Crippen LogP contribution in [0.25, 0.3) is 10.2 Å². The van der Waals surface area contributed by atoms with Gasteiger partial charge in [-0.25, -0.2) is 4.98 Å². The highest BCUT2D eigenvalue weighted by Gasteiger charge is 2.20. The monoisotopic (exact) mass is 317 g/mol. The van der Waals surface area contributed by atoms with Gasteiger partial charge in [-0.05, 0) is 19.1 Å². The quantitative estimate of drug-likeness (QED) is 0.617. The molecule has 1 aliphatic heterocycles. The van der Waals surface area contributed by atoms with Crippen LogP contribution in [0.3, 0.4) is 0 Å². The summed E-state index contributed by atoms with van der Waals surface area (Å²) in [4.78, 5) is 7.25. The number of nitrogens with zero attached hydrogens (tertiary/aromatic N) is 2. The van der Waals surface area contributed by atoms with Gasteiger partial charge in [0.15, 0.2) is 0 Å². The van der Waals surface area contributed by atoms with Gasteiger partial charge < -0.3 is 30.1 Å². The van der Waals surface area contributed by atoms with Gasteiger partial charge in [-0.1, -0.05) is 12.1 Å². The number of rotatable bonds is 2. The van der Waals surface area contributed by atoms with Crippen molar-refractivity contribution >= 4 is 21.6 Å². The fourth-order valence-electron chi connectivity index (χ4n) is 2.29. The molecule has 1 saturated heterocycles. The van der Waals surface area contributed by atoms with Gasteiger partial charge in [-0.2, -0.15) is 0 Å². The summed E-state index contributed by atoms with van der Waals surface area (Å²) in [5.74, 6) is 0. The SMILES string of the molecule is CC(c1nc2ccccc2s1)N1CCNCC1.[Cl-].[Cl-]. The molecule has 2 heterocycles. The number of nitrogens with one attached hydrogen (secondary N) is 1. The maximum absolute atomic E-state index is 4.74. The highest BCUT2D eigenvalue weighted by Crippen LogP contribution is 2.29. The molecule has 1 aromatic heterocycles. The van der Waals surface area contributed by atoms with Crippen molar-refractivity contribution in [1.29, 1.82) is 0 Å². The van der Waals surface area contributed by atoms with Crippen LogP contribution in [0.1, 0.15) is 18.0 Å². The van der Waals surface area contributed by atoms with E-state index in [-0.39, 0.29) is 24.8 Å². The maximum atomic E-state index is 4.74. The van der Waals surface area contributed by atoms with Crippen molar-refractivity contribution in [2.75, 3.05) is 26.2 Å². The van der Waals surface area contributed by atoms with Crippen molar-refractivity contribution in [2.45, 2.75) is 13.0 Å². The van der Waals surface area contributed by atoms with E-state index < -0.39 is 0 Å². The molecule has 0 aliphatic carbocycles. The molecule has 1 fully saturated rings. The van der Waals surface area contributed by atoms with Crippen LogP contribution in [0.5, 0.6) is 0 Å². The van der Waals surface area contributed by atoms with Crippen molar-refractivity contribution < 1.29 is 24.8 Å². The number of thiazole rings is 1. The maximum Gasteiger partial charge on any atom is 0.111 e. The Kier molecular flexibility index (Phi) is 6.50. The summed E-state index contributed by atoms with van der Waals surface area (Å²) in [7, 11) is 0. The highest BCUT2D eigenvalue weighted by atomic mass is 35.5. The van der Waals surface area contributed by atoms with Crippen molar-refractivity contribution in [3.05, 3.63) is 29.3 Å². The minimum atomic E-state index is 0. The van der Waals surface area contributed by atoms with Gasteiger partial charge in [0.2, 0.25) is 0 Å². The van der Waals surface area contributed by atoms with Gasteiger partial charge in [-0.3, -0.25) is 4.90 Å². The predicted octanol–water partition coefficient (Wildman–Crippen LogP) is -3.73. The third-order valence-corrected chi connectivity index (χ3v) is 4.57. The van der Waals surface area contributed by atoms with Crippen LogP contribution in [0, 0.1) is 0 Å². The van der Waals surface area contributed by atoms with E-state index in [4.69, 9.17) is 4.98 Å². The number of aromatic nitrogens is 1. The summed E-state index contributed by atoms with van der Waals surface area (Å²) >= 11 is 1.83. The number of halogens is 2. The number of piperazine rings is 1. The lowest BCUT2D eigenvalue weighted by atomic mass is 10.2. The molecule has 106 valence electrons. The van der Waals surface area contributed by atoms with Crippen LogP contribution in [0.2, 0.25) is 0 Å². The molecule has 19 heavy (non-hydrogen) atoms. The van der Waals surface area contributed by atoms with E-state index in [2.05, 4.69) is 41.4 Å². The molecule has 0 radical (unpaired) electrons. The third kappa shape index (κ3) is 3.58. The first-order valence-corrected chi connectivity index (χ1v) is 6.96. The van der Waals surface area contributed by atoms with Gasteiger partial charge in [-0.15, -0.1) is 11.3 Å². The summed E-state index contributed by atoms with van der Waals surface area (Å²) in [5, 5.41) is 4.63. The molecule has 1 N–H and O–H groups in total. The minimum absolute atomic E-state index is 0. The summed E-state index contributed by atoms with van der Waals surface area (Å²) < 4.78 is 1.30. The lowest BCUT2D eigenvalue weighted by molar-refractivity contribution is -0.001000. The summed E-state index contributed by atoms with van der Waals surface area (Å²) in [6.45, 7) is 6.70. The van der Waals surface area contributed by atoms with E-state index in [1.54, 1.807) is 0 Å². The molecular formula is C13H17Cl2N3S-2. The fourth-order valence-corrected chi connectivity index (χ4v) is 3.35. The molecule has 2 aromatic rings. The lowest BCUT2D eigenvalue weighted by Crippen LogP contribution is -3.00. The molecule has 1 aromatic carbocycles. The molecule has 3 rings (SSSR count). The smallest absolute Gasteiger partial charge is 0.111 e. The molecule has 3 nitrogen and oxygen atoms in total. The Bertz CT molecular complexity index is 478. The molecule has 0 amide bonds. The van der Waals surface area contributed by atoms with Crippen molar-refractivity contribution in [2.24, 2.45) is 0 Å². The van der Waals surface area contributed by atoms with E-state index in [1.165, 1.54) is 9.71 Å². The van der Waals surface area contributed by atoms with Gasteiger partial charge in [0, 0.05) is 26.2 Å². The topological polar surface area (TPSA) is 28.2 Å². The largest absolute Gasteiger partial charge is 1.00 e. The van der Waals surface area contributed by atoms with Crippen LogP contribution in [-0.4, -0.2) is 36.1 Å². The second-order valence-corrected chi connectivity index (χ2v) is 5.54. The average molecular weight is 318 g/mol. The van der Waals surface area contributed by atoms with Crippen molar-refractivity contribution in [3.63, 3.8) is 0 Å². The van der Waals surface area contributed by atoms with E-state index in [1.807, 2.05) is 11.3 Å². The Labute approximate surface area is 130 Å². The van der Waals surface area contributed by atoms with E-state index >= 15 is 0 Å². The number of fused-ring (bicyclic) bond motifs is 1. The zero-order valence-electron chi connectivity index (χ0n) is 10.8. The van der Waals surface area contributed by atoms with Crippen LogP contribution < -0.4 is 30.1 Å². The highest BCUT2D eigenvalue weighted by molar-refractivity contribution is 7.18. The fraction of sp³-hybridized carbons (Fsp3) is 0.462. The van der Waals surface area contributed by atoms with Crippen LogP contribution in [0.4, 0.5) is 0 Å². The Morgan fingerprint density at radius 1 is 1.21 bits per heavy atom. The molecule has 1 atom stereocenters. The van der Waals surface area contributed by atoms with Gasteiger partial charge in [0.1, 0.15) is 5.01 Å². The van der Waals surface area contributed by atoms with Crippen LogP contribution in [-0.2, 0) is 0 Å². The van der Waals surface area contributed by atoms with Crippen molar-refractivity contribution in [3.8, 4) is 0 Å². The van der Waals surface area contributed by atoms with E-state index in [0.29, 0.717) is 6.04 Å². The molecule has 0 saturated carbocycles. The minimum Gasteiger partial charge on any atom is -1.00 e. The Balaban J connectivity index is 0.000000902. The Hall–Kier alpha value is -0.390.